The van der Waals surface area contributed by atoms with Crippen LogP contribution in [-0.2, 0) is 4.79 Å². The Kier molecular flexibility index (Phi) is 6.66. The molecule has 0 unspecified atom stereocenters. The smallest absolute Gasteiger partial charge is 0.300 e. The number of thioether (sulfide) groups is 1. The number of rotatable bonds is 6. The number of nitrogens with one attached hydrogen (secondary N) is 1. The van der Waals surface area contributed by atoms with Gasteiger partial charge in [0.15, 0.2) is 16.5 Å². The molecule has 0 radical (unpaired) electrons. The molecule has 3 aromatic carbocycles. The van der Waals surface area contributed by atoms with Crippen molar-refractivity contribution in [2.75, 3.05) is 18.2 Å². The van der Waals surface area contributed by atoms with Crippen molar-refractivity contribution in [3.63, 3.8) is 0 Å². The van der Waals surface area contributed by atoms with Gasteiger partial charge in [-0.25, -0.2) is 9.37 Å². The number of nitrogens with zero attached hydrogens (tertiary/aromatic N) is 4. The lowest BCUT2D eigenvalue weighted by Gasteiger charge is -2.11. The van der Waals surface area contributed by atoms with Crippen molar-refractivity contribution in [2.45, 2.75) is 5.16 Å². The first-order chi connectivity index (χ1) is 17.4. The minimum Gasteiger partial charge on any atom is -0.497 e. The van der Waals surface area contributed by atoms with Crippen molar-refractivity contribution < 1.29 is 13.9 Å². The topological polar surface area (TPSA) is 98.5 Å². The van der Waals surface area contributed by atoms with Crippen LogP contribution in [0.2, 0.25) is 0 Å². The number of fused-ring (bicyclic) bond motifs is 3. The molecule has 0 aliphatic heterocycles. The van der Waals surface area contributed by atoms with E-state index in [0.717, 1.165) is 16.2 Å². The number of carbonyl (C=O) groups excluding carboxylic acids is 1. The Labute approximate surface area is 216 Å². The number of ether oxygens (including phenoxy) is 1. The maximum Gasteiger partial charge on any atom is 0.300 e. The largest absolute Gasteiger partial charge is 0.497 e. The Hall–Kier alpha value is -3.83. The summed E-state index contributed by atoms with van der Waals surface area (Å²) in [4.78, 5) is 34.5. The summed E-state index contributed by atoms with van der Waals surface area (Å²) in [6.07, 6.45) is 0. The third-order valence-corrected chi connectivity index (χ3v) is 6.63. The number of benzene rings is 3. The molecule has 0 saturated carbocycles. The molecule has 0 bridgehead atoms. The van der Waals surface area contributed by atoms with E-state index in [1.807, 2.05) is 12.1 Å². The summed E-state index contributed by atoms with van der Waals surface area (Å²) in [6, 6.07) is 18.0. The van der Waals surface area contributed by atoms with Crippen molar-refractivity contribution in [2.24, 2.45) is 0 Å². The number of amides is 1. The fourth-order valence-corrected chi connectivity index (χ4v) is 4.65. The highest BCUT2D eigenvalue weighted by Crippen LogP contribution is 2.27. The van der Waals surface area contributed by atoms with Crippen LogP contribution < -0.4 is 15.6 Å². The van der Waals surface area contributed by atoms with Crippen LogP contribution in [0.25, 0.3) is 27.8 Å². The molecule has 0 spiro atoms. The van der Waals surface area contributed by atoms with E-state index in [1.165, 1.54) is 22.7 Å². The van der Waals surface area contributed by atoms with Gasteiger partial charge < -0.3 is 10.1 Å². The van der Waals surface area contributed by atoms with Gasteiger partial charge in [-0.3, -0.25) is 9.59 Å². The summed E-state index contributed by atoms with van der Waals surface area (Å²) in [5.74, 6) is -0.169. The van der Waals surface area contributed by atoms with E-state index in [1.54, 1.807) is 43.5 Å². The molecule has 1 N–H and O–H groups in total. The van der Waals surface area contributed by atoms with Crippen LogP contribution in [0.4, 0.5) is 10.1 Å². The predicted molar refractivity (Wildman–Crippen MR) is 140 cm³/mol. The molecular formula is C25H17BrFN5O3S. The van der Waals surface area contributed by atoms with Gasteiger partial charge in [-0.05, 0) is 60.7 Å². The van der Waals surface area contributed by atoms with Gasteiger partial charge >= 0.3 is 0 Å². The summed E-state index contributed by atoms with van der Waals surface area (Å²) >= 11 is 4.57. The Balaban J connectivity index is 1.56. The second-order valence-corrected chi connectivity index (χ2v) is 9.49. The normalized spacial score (nSPS) is 11.1. The minimum absolute atomic E-state index is 0.0215. The molecule has 2 heterocycles. The van der Waals surface area contributed by atoms with Gasteiger partial charge in [0.2, 0.25) is 5.91 Å². The molecule has 5 rings (SSSR count). The highest BCUT2D eigenvalue weighted by Gasteiger charge is 2.17. The highest BCUT2D eigenvalue weighted by molar-refractivity contribution is 9.10. The molecule has 0 atom stereocenters. The molecule has 5 aromatic rings. The molecule has 2 aromatic heterocycles. The van der Waals surface area contributed by atoms with E-state index in [-0.39, 0.29) is 17.4 Å². The zero-order valence-corrected chi connectivity index (χ0v) is 21.1. The standard InChI is InChI=1S/C25H17BrFN5O3S/c1-35-18-8-5-14(6-9-18)22-24(34)30-23-19-11-15(26)7-10-20(19)29-25(32(23)31-22)36-13-21(33)28-17-4-2-3-16(27)12-17/h2-12H,13H2,1H3,(H,28,33). The van der Waals surface area contributed by atoms with Crippen LogP contribution in [0.5, 0.6) is 5.75 Å². The molecule has 36 heavy (non-hydrogen) atoms. The fourth-order valence-electron chi connectivity index (χ4n) is 3.55. The quantitative estimate of drug-likeness (QED) is 0.177. The van der Waals surface area contributed by atoms with Gasteiger partial charge in [0.1, 0.15) is 11.6 Å². The van der Waals surface area contributed by atoms with Crippen LogP contribution in [0, 0.1) is 5.82 Å². The van der Waals surface area contributed by atoms with Crippen molar-refractivity contribution in [1.82, 2.24) is 19.6 Å². The van der Waals surface area contributed by atoms with Gasteiger partial charge in [0.05, 0.1) is 18.4 Å². The van der Waals surface area contributed by atoms with Gasteiger partial charge in [-0.2, -0.15) is 14.6 Å². The lowest BCUT2D eigenvalue weighted by molar-refractivity contribution is -0.113. The first-order valence-electron chi connectivity index (χ1n) is 10.6. The van der Waals surface area contributed by atoms with E-state index >= 15 is 0 Å². The molecule has 0 fully saturated rings. The zero-order valence-electron chi connectivity index (χ0n) is 18.7. The van der Waals surface area contributed by atoms with Crippen LogP contribution in [0.3, 0.4) is 0 Å². The molecule has 1 amide bonds. The van der Waals surface area contributed by atoms with E-state index in [4.69, 9.17) is 4.74 Å². The second-order valence-electron chi connectivity index (χ2n) is 7.63. The van der Waals surface area contributed by atoms with Crippen molar-refractivity contribution in [1.29, 1.82) is 0 Å². The number of methoxy groups -OCH3 is 1. The lowest BCUT2D eigenvalue weighted by atomic mass is 10.1. The number of anilines is 1. The number of aromatic nitrogens is 4. The van der Waals surface area contributed by atoms with E-state index in [0.29, 0.717) is 38.7 Å². The molecule has 8 nitrogen and oxygen atoms in total. The third kappa shape index (κ3) is 4.93. The average Bonchev–Trinajstić information content (AvgIpc) is 2.87. The van der Waals surface area contributed by atoms with Gasteiger partial charge in [-0.15, -0.1) is 0 Å². The molecule has 0 saturated heterocycles. The number of hydrogen-bond donors (Lipinski definition) is 1. The molecule has 11 heteroatoms. The maximum absolute atomic E-state index is 13.5. The second kappa shape index (κ2) is 10.0. The minimum atomic E-state index is -0.493. The Morgan fingerprint density at radius 2 is 1.92 bits per heavy atom. The first kappa shape index (κ1) is 23.9. The zero-order chi connectivity index (χ0) is 25.2. The number of halogens is 2. The summed E-state index contributed by atoms with van der Waals surface area (Å²) in [6.45, 7) is 0. The molecule has 0 aliphatic carbocycles. The molecule has 0 aliphatic rings. The van der Waals surface area contributed by atoms with Crippen molar-refractivity contribution >= 4 is 55.8 Å². The Bertz CT molecular complexity index is 1680. The van der Waals surface area contributed by atoms with Crippen LogP contribution in [-0.4, -0.2) is 38.4 Å². The fraction of sp³-hybridized carbons (Fsp3) is 0.0800. The van der Waals surface area contributed by atoms with Gasteiger partial charge in [0.25, 0.3) is 5.56 Å². The first-order valence-corrected chi connectivity index (χ1v) is 12.4. The lowest BCUT2D eigenvalue weighted by Crippen LogP contribution is -2.19. The number of carbonyl (C=O) groups is 1. The summed E-state index contributed by atoms with van der Waals surface area (Å²) in [7, 11) is 1.56. The Morgan fingerprint density at radius 3 is 2.67 bits per heavy atom. The third-order valence-electron chi connectivity index (χ3n) is 5.21. The Morgan fingerprint density at radius 1 is 1.11 bits per heavy atom. The monoisotopic (exact) mass is 565 g/mol. The highest BCUT2D eigenvalue weighted by atomic mass is 79.9. The average molecular weight is 566 g/mol. The molecule has 180 valence electrons. The van der Waals surface area contributed by atoms with Gasteiger partial charge in [0, 0.05) is 21.1 Å². The SMILES string of the molecule is COc1ccc(-c2nn3c(SCC(=O)Nc4cccc(F)c4)nc4ccc(Br)cc4c3nc2=O)cc1. The summed E-state index contributed by atoms with van der Waals surface area (Å²) in [5.41, 5.74) is 1.47. The predicted octanol–water partition coefficient (Wildman–Crippen LogP) is 4.95. The van der Waals surface area contributed by atoms with Crippen LogP contribution in [0.15, 0.2) is 81.2 Å². The van der Waals surface area contributed by atoms with Crippen molar-refractivity contribution in [3.05, 3.63) is 87.4 Å². The van der Waals surface area contributed by atoms with Crippen molar-refractivity contribution in [3.8, 4) is 17.0 Å². The van der Waals surface area contributed by atoms with Gasteiger partial charge in [-0.1, -0.05) is 33.8 Å². The summed E-state index contributed by atoms with van der Waals surface area (Å²) < 4.78 is 20.9. The maximum atomic E-state index is 13.5. The summed E-state index contributed by atoms with van der Waals surface area (Å²) in [5, 5.41) is 8.24. The van der Waals surface area contributed by atoms with Crippen LogP contribution in [0.1, 0.15) is 0 Å². The van der Waals surface area contributed by atoms with E-state index in [2.05, 4.69) is 36.3 Å². The van der Waals surface area contributed by atoms with Crippen LogP contribution >= 0.6 is 27.7 Å². The van der Waals surface area contributed by atoms with E-state index < -0.39 is 11.4 Å². The number of hydrogen-bond acceptors (Lipinski definition) is 7. The van der Waals surface area contributed by atoms with E-state index in [9.17, 15) is 14.0 Å². The molecular weight excluding hydrogens is 549 g/mol.